The third-order valence-corrected chi connectivity index (χ3v) is 5.81. The minimum atomic E-state index is -0.548. The summed E-state index contributed by atoms with van der Waals surface area (Å²) in [4.78, 5) is 30.7. The molecular weight excluding hydrogens is 416 g/mol. The molecular formula is C27H24N2O4. The highest BCUT2D eigenvalue weighted by Gasteiger charge is 2.42. The second kappa shape index (κ2) is 8.56. The first-order valence-corrected chi connectivity index (χ1v) is 10.9. The summed E-state index contributed by atoms with van der Waals surface area (Å²) >= 11 is 0. The minimum Gasteiger partial charge on any atom is -0.457 e. The number of carbonyl (C=O) groups is 1. The number of para-hydroxylation sites is 2. The molecule has 2 heterocycles. The fraction of sp³-hybridized carbons (Fsp3) is 0.185. The van der Waals surface area contributed by atoms with Gasteiger partial charge in [-0.1, -0.05) is 42.5 Å². The molecule has 6 heteroatoms. The van der Waals surface area contributed by atoms with Gasteiger partial charge < -0.3 is 19.0 Å². The summed E-state index contributed by atoms with van der Waals surface area (Å²) in [5, 5.41) is 0.472. The predicted molar refractivity (Wildman–Crippen MR) is 127 cm³/mol. The van der Waals surface area contributed by atoms with Crippen LogP contribution in [0.3, 0.4) is 0 Å². The lowest BCUT2D eigenvalue weighted by Crippen LogP contribution is -2.35. The Morgan fingerprint density at radius 3 is 2.42 bits per heavy atom. The van der Waals surface area contributed by atoms with E-state index in [2.05, 4.69) is 0 Å². The highest BCUT2D eigenvalue weighted by molar-refractivity contribution is 5.99. The standard InChI is InChI=1S/C27H24N2O4/c1-28(2)15-16-29-24(18-9-8-12-20(17-18)32-19-10-4-3-5-11-19)23-25(30)21-13-6-7-14-22(21)33-26(23)27(29)31/h3-14,17,24H,15-16H2,1-2H3. The highest BCUT2D eigenvalue weighted by atomic mass is 16.5. The molecule has 6 nitrogen and oxygen atoms in total. The van der Waals surface area contributed by atoms with Crippen LogP contribution in [0, 0.1) is 0 Å². The number of amides is 1. The molecule has 1 aromatic heterocycles. The number of ether oxygens (including phenoxy) is 1. The third kappa shape index (κ3) is 3.90. The number of benzene rings is 3. The molecule has 0 spiro atoms. The molecule has 3 aromatic carbocycles. The second-order valence-corrected chi connectivity index (χ2v) is 8.36. The van der Waals surface area contributed by atoms with Crippen molar-refractivity contribution < 1.29 is 13.9 Å². The van der Waals surface area contributed by atoms with Crippen molar-refractivity contribution in [2.24, 2.45) is 0 Å². The molecule has 0 bridgehead atoms. The number of carbonyl (C=O) groups excluding carboxylic acids is 1. The Morgan fingerprint density at radius 2 is 1.64 bits per heavy atom. The van der Waals surface area contributed by atoms with Gasteiger partial charge in [0.2, 0.25) is 5.76 Å². The van der Waals surface area contributed by atoms with Gasteiger partial charge in [-0.15, -0.1) is 0 Å². The first kappa shape index (κ1) is 21.0. The van der Waals surface area contributed by atoms with Crippen molar-refractivity contribution in [2.75, 3.05) is 27.2 Å². The van der Waals surface area contributed by atoms with E-state index in [9.17, 15) is 9.59 Å². The zero-order valence-corrected chi connectivity index (χ0v) is 18.5. The number of likely N-dealkylation sites (N-methyl/N-ethyl adjacent to an activating group) is 1. The molecule has 1 unspecified atom stereocenters. The average molecular weight is 440 g/mol. The maximum absolute atomic E-state index is 13.5. The summed E-state index contributed by atoms with van der Waals surface area (Å²) in [6.45, 7) is 1.12. The Kier molecular flexibility index (Phi) is 5.44. The van der Waals surface area contributed by atoms with E-state index < -0.39 is 6.04 Å². The molecule has 1 aliphatic rings. The lowest BCUT2D eigenvalue weighted by atomic mass is 9.98. The van der Waals surface area contributed by atoms with Crippen LogP contribution in [0.5, 0.6) is 11.5 Å². The van der Waals surface area contributed by atoms with Gasteiger partial charge in [0.25, 0.3) is 5.91 Å². The molecule has 5 rings (SSSR count). The van der Waals surface area contributed by atoms with Crippen LogP contribution in [0.15, 0.2) is 88.1 Å². The monoisotopic (exact) mass is 440 g/mol. The molecule has 0 saturated heterocycles. The summed E-state index contributed by atoms with van der Waals surface area (Å²) in [6, 6.07) is 23.5. The fourth-order valence-electron chi connectivity index (χ4n) is 4.22. The summed E-state index contributed by atoms with van der Waals surface area (Å²) in [7, 11) is 3.91. The van der Waals surface area contributed by atoms with Crippen LogP contribution in [0.25, 0.3) is 11.0 Å². The van der Waals surface area contributed by atoms with Gasteiger partial charge in [-0.05, 0) is 56.1 Å². The van der Waals surface area contributed by atoms with Gasteiger partial charge in [0.1, 0.15) is 17.1 Å². The number of rotatable bonds is 6. The van der Waals surface area contributed by atoms with Crippen LogP contribution in [-0.2, 0) is 0 Å². The molecule has 33 heavy (non-hydrogen) atoms. The van der Waals surface area contributed by atoms with E-state index in [1.54, 1.807) is 29.2 Å². The quantitative estimate of drug-likeness (QED) is 0.435. The molecule has 0 fully saturated rings. The van der Waals surface area contributed by atoms with E-state index in [1.807, 2.05) is 73.6 Å². The first-order chi connectivity index (χ1) is 16.0. The minimum absolute atomic E-state index is 0.122. The van der Waals surface area contributed by atoms with Crippen molar-refractivity contribution in [1.82, 2.24) is 9.80 Å². The van der Waals surface area contributed by atoms with Crippen molar-refractivity contribution >= 4 is 16.9 Å². The topological polar surface area (TPSA) is 63.0 Å². The Labute approximate surface area is 191 Å². The molecule has 0 N–H and O–H groups in total. The van der Waals surface area contributed by atoms with Crippen LogP contribution < -0.4 is 10.2 Å². The molecule has 1 atom stereocenters. The molecule has 0 radical (unpaired) electrons. The van der Waals surface area contributed by atoms with Crippen molar-refractivity contribution in [2.45, 2.75) is 6.04 Å². The van der Waals surface area contributed by atoms with Gasteiger partial charge >= 0.3 is 0 Å². The smallest absolute Gasteiger partial charge is 0.290 e. The van der Waals surface area contributed by atoms with Gasteiger partial charge in [0.15, 0.2) is 5.43 Å². The van der Waals surface area contributed by atoms with Crippen molar-refractivity contribution in [1.29, 1.82) is 0 Å². The Bertz CT molecular complexity index is 1380. The van der Waals surface area contributed by atoms with Gasteiger partial charge in [-0.3, -0.25) is 9.59 Å². The summed E-state index contributed by atoms with van der Waals surface area (Å²) in [6.07, 6.45) is 0. The van der Waals surface area contributed by atoms with Crippen LogP contribution in [0.1, 0.15) is 27.7 Å². The first-order valence-electron chi connectivity index (χ1n) is 10.9. The predicted octanol–water partition coefficient (Wildman–Crippen LogP) is 4.69. The third-order valence-electron chi connectivity index (χ3n) is 5.81. The van der Waals surface area contributed by atoms with Crippen LogP contribution in [0.2, 0.25) is 0 Å². The van der Waals surface area contributed by atoms with Gasteiger partial charge in [0, 0.05) is 13.1 Å². The molecule has 0 aliphatic carbocycles. The summed E-state index contributed by atoms with van der Waals surface area (Å²) in [5.74, 6) is 1.20. The van der Waals surface area contributed by atoms with Crippen molar-refractivity contribution in [3.8, 4) is 11.5 Å². The maximum atomic E-state index is 13.5. The second-order valence-electron chi connectivity index (χ2n) is 8.36. The van der Waals surface area contributed by atoms with E-state index in [1.165, 1.54) is 0 Å². The van der Waals surface area contributed by atoms with Crippen molar-refractivity contribution in [3.63, 3.8) is 0 Å². The average Bonchev–Trinajstić information content (AvgIpc) is 3.10. The van der Waals surface area contributed by atoms with Crippen LogP contribution >= 0.6 is 0 Å². The normalized spacial score (nSPS) is 15.3. The Morgan fingerprint density at radius 1 is 0.909 bits per heavy atom. The zero-order valence-electron chi connectivity index (χ0n) is 18.5. The molecule has 4 aromatic rings. The van der Waals surface area contributed by atoms with E-state index in [0.29, 0.717) is 41.1 Å². The highest BCUT2D eigenvalue weighted by Crippen LogP contribution is 2.39. The largest absolute Gasteiger partial charge is 0.457 e. The van der Waals surface area contributed by atoms with Crippen LogP contribution in [0.4, 0.5) is 0 Å². The van der Waals surface area contributed by atoms with Gasteiger partial charge in [-0.25, -0.2) is 0 Å². The fourth-order valence-corrected chi connectivity index (χ4v) is 4.22. The lowest BCUT2D eigenvalue weighted by molar-refractivity contribution is 0.0716. The lowest BCUT2D eigenvalue weighted by Gasteiger charge is -2.26. The number of fused-ring (bicyclic) bond motifs is 2. The zero-order chi connectivity index (χ0) is 22.9. The van der Waals surface area contributed by atoms with Gasteiger partial charge in [0.05, 0.1) is 17.0 Å². The van der Waals surface area contributed by atoms with Crippen molar-refractivity contribution in [3.05, 3.63) is 106 Å². The molecule has 1 amide bonds. The Balaban J connectivity index is 1.63. The van der Waals surface area contributed by atoms with E-state index in [4.69, 9.17) is 9.15 Å². The van der Waals surface area contributed by atoms with Gasteiger partial charge in [-0.2, -0.15) is 0 Å². The van der Waals surface area contributed by atoms with Crippen LogP contribution in [-0.4, -0.2) is 42.9 Å². The number of hydrogen-bond donors (Lipinski definition) is 0. The molecule has 0 saturated carbocycles. The van der Waals surface area contributed by atoms with E-state index >= 15 is 0 Å². The van der Waals surface area contributed by atoms with E-state index in [-0.39, 0.29) is 17.1 Å². The Hall–Kier alpha value is -3.90. The summed E-state index contributed by atoms with van der Waals surface area (Å²) in [5.41, 5.74) is 1.43. The number of hydrogen-bond acceptors (Lipinski definition) is 5. The summed E-state index contributed by atoms with van der Waals surface area (Å²) < 4.78 is 12.0. The molecule has 166 valence electrons. The SMILES string of the molecule is CN(C)CCN1C(=O)c2oc3ccccc3c(=O)c2C1c1cccc(Oc2ccccc2)c1. The van der Waals surface area contributed by atoms with E-state index in [0.717, 1.165) is 5.56 Å². The maximum Gasteiger partial charge on any atom is 0.290 e. The molecule has 1 aliphatic heterocycles. The number of nitrogens with zero attached hydrogens (tertiary/aromatic N) is 2.